The van der Waals surface area contributed by atoms with Gasteiger partial charge in [0.1, 0.15) is 6.10 Å². The maximum atomic E-state index is 13.1. The molecule has 1 rings (SSSR count). The Kier molecular flexibility index (Phi) is 2.96. The Labute approximate surface area is 79.5 Å². The minimum Gasteiger partial charge on any atom is -0.384 e. The zero-order valence-corrected chi connectivity index (χ0v) is 7.52. The van der Waals surface area contributed by atoms with Crippen molar-refractivity contribution in [1.29, 1.82) is 0 Å². The molecule has 1 aromatic carbocycles. The van der Waals surface area contributed by atoms with Crippen LogP contribution in [0.25, 0.3) is 0 Å². The molecule has 0 spiro atoms. The lowest BCUT2D eigenvalue weighted by Gasteiger charge is -2.11. The molecule has 0 saturated heterocycles. The van der Waals surface area contributed by atoms with Crippen LogP contribution in [0.15, 0.2) is 24.3 Å². The summed E-state index contributed by atoms with van der Waals surface area (Å²) in [7, 11) is 0. The molecule has 1 N–H and O–H groups in total. The number of hydrogen-bond donors (Lipinski definition) is 1. The van der Waals surface area contributed by atoms with E-state index in [0.717, 1.165) is 12.1 Å². The fraction of sp³-hybridized carbons (Fsp3) is 0.200. The molecule has 0 aliphatic heterocycles. The summed E-state index contributed by atoms with van der Waals surface area (Å²) in [6, 6.07) is 1.76. The molecule has 1 atom stereocenters. The van der Waals surface area contributed by atoms with E-state index in [2.05, 4.69) is 6.58 Å². The average molecular weight is 202 g/mol. The number of aliphatic hydroxyl groups is 1. The van der Waals surface area contributed by atoms with Crippen LogP contribution in [-0.4, -0.2) is 5.11 Å². The van der Waals surface area contributed by atoms with Crippen molar-refractivity contribution >= 4 is 0 Å². The first-order valence-corrected chi connectivity index (χ1v) is 3.92. The smallest absolute Gasteiger partial charge is 0.194 e. The summed E-state index contributed by atoms with van der Waals surface area (Å²) in [5.41, 5.74) is -0.0497. The van der Waals surface area contributed by atoms with Gasteiger partial charge in [-0.3, -0.25) is 0 Å². The zero-order valence-electron chi connectivity index (χ0n) is 7.52. The molecule has 0 amide bonds. The molecule has 0 bridgehead atoms. The Morgan fingerprint density at radius 1 is 1.29 bits per heavy atom. The minimum atomic E-state index is -1.58. The normalized spacial score (nSPS) is 12.6. The van der Waals surface area contributed by atoms with Crippen molar-refractivity contribution in [3.05, 3.63) is 47.3 Å². The van der Waals surface area contributed by atoms with E-state index in [1.54, 1.807) is 0 Å². The minimum absolute atomic E-state index is 0.259. The largest absolute Gasteiger partial charge is 0.384 e. The fourth-order valence-corrected chi connectivity index (χ4v) is 1.02. The topological polar surface area (TPSA) is 20.2 Å². The van der Waals surface area contributed by atoms with Gasteiger partial charge in [0.15, 0.2) is 17.5 Å². The average Bonchev–Trinajstić information content (AvgIpc) is 2.13. The molecule has 0 saturated carbocycles. The summed E-state index contributed by atoms with van der Waals surface area (Å²) in [5, 5.41) is 9.37. The third kappa shape index (κ3) is 1.80. The number of benzene rings is 1. The van der Waals surface area contributed by atoms with Gasteiger partial charge in [0, 0.05) is 5.56 Å². The van der Waals surface area contributed by atoms with Gasteiger partial charge in [-0.1, -0.05) is 12.6 Å². The van der Waals surface area contributed by atoms with Crippen molar-refractivity contribution in [1.82, 2.24) is 0 Å². The molecule has 1 nitrogen and oxygen atoms in total. The van der Waals surface area contributed by atoms with Crippen molar-refractivity contribution in [3.8, 4) is 0 Å². The van der Waals surface area contributed by atoms with Gasteiger partial charge in [-0.25, -0.2) is 13.2 Å². The number of halogens is 3. The van der Waals surface area contributed by atoms with Gasteiger partial charge in [-0.2, -0.15) is 0 Å². The Hall–Kier alpha value is -1.29. The third-order valence-corrected chi connectivity index (χ3v) is 1.83. The third-order valence-electron chi connectivity index (χ3n) is 1.83. The van der Waals surface area contributed by atoms with Crippen LogP contribution in [-0.2, 0) is 0 Å². The number of rotatable bonds is 2. The van der Waals surface area contributed by atoms with Crippen LogP contribution in [0, 0.1) is 17.5 Å². The Morgan fingerprint density at radius 3 is 2.36 bits per heavy atom. The van der Waals surface area contributed by atoms with Crippen LogP contribution >= 0.6 is 0 Å². The molecule has 14 heavy (non-hydrogen) atoms. The van der Waals surface area contributed by atoms with Crippen molar-refractivity contribution < 1.29 is 18.3 Å². The van der Waals surface area contributed by atoms with Gasteiger partial charge in [-0.05, 0) is 18.6 Å². The second kappa shape index (κ2) is 3.84. The highest BCUT2D eigenvalue weighted by Crippen LogP contribution is 2.25. The van der Waals surface area contributed by atoms with Crippen LogP contribution in [0.4, 0.5) is 13.2 Å². The quantitative estimate of drug-likeness (QED) is 0.577. The molecule has 4 heteroatoms. The SMILES string of the molecule is C=C(C)C(O)c1ccc(F)c(F)c1F. The van der Waals surface area contributed by atoms with Crippen LogP contribution < -0.4 is 0 Å². The van der Waals surface area contributed by atoms with Gasteiger partial charge in [0.05, 0.1) is 0 Å². The number of hydrogen-bond acceptors (Lipinski definition) is 1. The highest BCUT2D eigenvalue weighted by Gasteiger charge is 2.19. The molecule has 0 heterocycles. The second-order valence-corrected chi connectivity index (χ2v) is 3.01. The predicted molar refractivity (Wildman–Crippen MR) is 46.1 cm³/mol. The molecule has 0 aliphatic rings. The molecular formula is C10H9F3O. The first-order chi connectivity index (χ1) is 6.45. The van der Waals surface area contributed by atoms with Gasteiger partial charge >= 0.3 is 0 Å². The maximum Gasteiger partial charge on any atom is 0.194 e. The highest BCUT2D eigenvalue weighted by molar-refractivity contribution is 5.27. The maximum absolute atomic E-state index is 13.1. The Bertz CT molecular complexity index is 374. The lowest BCUT2D eigenvalue weighted by atomic mass is 10.0. The standard InChI is InChI=1S/C10H9F3O/c1-5(2)10(14)6-3-4-7(11)9(13)8(6)12/h3-4,10,14H,1H2,2H3. The van der Waals surface area contributed by atoms with E-state index in [4.69, 9.17) is 0 Å². The van der Waals surface area contributed by atoms with Gasteiger partial charge in [0.25, 0.3) is 0 Å². The molecule has 76 valence electrons. The van der Waals surface area contributed by atoms with E-state index < -0.39 is 23.6 Å². The lowest BCUT2D eigenvalue weighted by Crippen LogP contribution is -2.04. The summed E-state index contributed by atoms with van der Waals surface area (Å²) in [4.78, 5) is 0. The monoisotopic (exact) mass is 202 g/mol. The van der Waals surface area contributed by atoms with E-state index >= 15 is 0 Å². The molecule has 1 unspecified atom stereocenters. The van der Waals surface area contributed by atoms with Gasteiger partial charge in [-0.15, -0.1) is 0 Å². The first-order valence-electron chi connectivity index (χ1n) is 3.92. The molecule has 0 fully saturated rings. The number of aliphatic hydroxyl groups excluding tert-OH is 1. The summed E-state index contributed by atoms with van der Waals surface area (Å²) >= 11 is 0. The van der Waals surface area contributed by atoms with Crippen molar-refractivity contribution in [2.24, 2.45) is 0 Å². The van der Waals surface area contributed by atoms with Crippen LogP contribution in [0.3, 0.4) is 0 Å². The first kappa shape index (κ1) is 10.8. The summed E-state index contributed by atoms with van der Waals surface area (Å²) in [6.45, 7) is 4.86. The van der Waals surface area contributed by atoms with E-state index in [9.17, 15) is 18.3 Å². The van der Waals surface area contributed by atoms with Crippen LogP contribution in [0.1, 0.15) is 18.6 Å². The second-order valence-electron chi connectivity index (χ2n) is 3.01. The van der Waals surface area contributed by atoms with E-state index in [-0.39, 0.29) is 11.1 Å². The Balaban J connectivity index is 3.24. The van der Waals surface area contributed by atoms with Crippen molar-refractivity contribution in [2.45, 2.75) is 13.0 Å². The van der Waals surface area contributed by atoms with E-state index in [1.807, 2.05) is 0 Å². The zero-order chi connectivity index (χ0) is 10.9. The lowest BCUT2D eigenvalue weighted by molar-refractivity contribution is 0.208. The summed E-state index contributed by atoms with van der Waals surface area (Å²) in [6.07, 6.45) is -1.31. The summed E-state index contributed by atoms with van der Waals surface area (Å²) < 4.78 is 38.3. The van der Waals surface area contributed by atoms with Gasteiger partial charge < -0.3 is 5.11 Å². The highest BCUT2D eigenvalue weighted by atomic mass is 19.2. The predicted octanol–water partition coefficient (Wildman–Crippen LogP) is 2.71. The molecule has 1 aromatic rings. The molecule has 0 radical (unpaired) electrons. The van der Waals surface area contributed by atoms with Crippen molar-refractivity contribution in [3.63, 3.8) is 0 Å². The van der Waals surface area contributed by atoms with Crippen LogP contribution in [0.5, 0.6) is 0 Å². The molecular weight excluding hydrogens is 193 g/mol. The summed E-state index contributed by atoms with van der Waals surface area (Å²) in [5.74, 6) is -4.23. The molecule has 0 aliphatic carbocycles. The fourth-order valence-electron chi connectivity index (χ4n) is 1.02. The van der Waals surface area contributed by atoms with E-state index in [1.165, 1.54) is 6.92 Å². The molecule has 0 aromatic heterocycles. The van der Waals surface area contributed by atoms with Crippen molar-refractivity contribution in [2.75, 3.05) is 0 Å². The van der Waals surface area contributed by atoms with Crippen LogP contribution in [0.2, 0.25) is 0 Å². The van der Waals surface area contributed by atoms with Gasteiger partial charge in [0.2, 0.25) is 0 Å². The van der Waals surface area contributed by atoms with E-state index in [0.29, 0.717) is 0 Å². The Morgan fingerprint density at radius 2 is 1.86 bits per heavy atom.